The second kappa shape index (κ2) is 10.3. The predicted octanol–water partition coefficient (Wildman–Crippen LogP) is 6.03. The van der Waals surface area contributed by atoms with Gasteiger partial charge in [-0.1, -0.05) is 54.6 Å². The van der Waals surface area contributed by atoms with Gasteiger partial charge in [-0.15, -0.1) is 0 Å². The van der Waals surface area contributed by atoms with Crippen LogP contribution in [0.4, 0.5) is 14.6 Å². The van der Waals surface area contributed by atoms with Gasteiger partial charge in [-0.25, -0.2) is 13.8 Å². The van der Waals surface area contributed by atoms with E-state index in [4.69, 9.17) is 9.72 Å². The Morgan fingerprint density at radius 2 is 1.62 bits per heavy atom. The maximum atomic E-state index is 14.2. The fraction of sp³-hybridized carbons (Fsp3) is 0.121. The largest absolute Gasteiger partial charge is 0.489 e. The molecule has 0 fully saturated rings. The van der Waals surface area contributed by atoms with Crippen molar-refractivity contribution in [2.24, 2.45) is 0 Å². The first-order chi connectivity index (χ1) is 20.5. The Hall–Kier alpha value is -5.31. The molecule has 6 aromatic rings. The number of aromatic nitrogens is 3. The zero-order chi connectivity index (χ0) is 28.8. The number of carbonyl (C=O) groups is 1. The fourth-order valence-electron chi connectivity index (χ4n) is 5.55. The molecule has 1 atom stereocenters. The topological polar surface area (TPSA) is 77.6 Å². The van der Waals surface area contributed by atoms with Gasteiger partial charge in [0.15, 0.2) is 0 Å². The number of hydrogen-bond acceptors (Lipinski definition) is 4. The van der Waals surface area contributed by atoms with Gasteiger partial charge in [0.2, 0.25) is 11.7 Å². The number of amides is 1. The molecule has 1 N–H and O–H groups in total. The van der Waals surface area contributed by atoms with Gasteiger partial charge < -0.3 is 10.1 Å². The number of hydrogen-bond donors (Lipinski definition) is 1. The molecule has 1 aliphatic rings. The number of nitrogens with one attached hydrogen (secondary N) is 1. The van der Waals surface area contributed by atoms with Crippen molar-refractivity contribution < 1.29 is 18.3 Å². The van der Waals surface area contributed by atoms with Gasteiger partial charge in [0.25, 0.3) is 5.56 Å². The molecule has 1 amide bonds. The summed E-state index contributed by atoms with van der Waals surface area (Å²) in [5.74, 6) is -0.157. The molecule has 0 spiro atoms. The van der Waals surface area contributed by atoms with Crippen LogP contribution in [0.2, 0.25) is 0 Å². The zero-order valence-electron chi connectivity index (χ0n) is 22.3. The summed E-state index contributed by atoms with van der Waals surface area (Å²) in [6, 6.07) is 27.1. The molecule has 0 bridgehead atoms. The Kier molecular flexibility index (Phi) is 6.27. The number of benzene rings is 4. The highest BCUT2D eigenvalue weighted by molar-refractivity contribution is 5.96. The van der Waals surface area contributed by atoms with Crippen molar-refractivity contribution in [2.75, 3.05) is 5.32 Å². The van der Waals surface area contributed by atoms with E-state index >= 15 is 0 Å². The maximum Gasteiger partial charge on any atom is 0.261 e. The summed E-state index contributed by atoms with van der Waals surface area (Å²) >= 11 is 0. The van der Waals surface area contributed by atoms with E-state index in [9.17, 15) is 18.4 Å². The minimum Gasteiger partial charge on any atom is -0.489 e. The summed E-state index contributed by atoms with van der Waals surface area (Å²) in [6.45, 7) is 0.239. The van der Waals surface area contributed by atoms with Crippen molar-refractivity contribution in [3.63, 3.8) is 0 Å². The maximum absolute atomic E-state index is 14.2. The lowest BCUT2D eigenvalue weighted by Gasteiger charge is -2.27. The highest BCUT2D eigenvalue weighted by Crippen LogP contribution is 2.37. The Balaban J connectivity index is 1.33. The summed E-state index contributed by atoms with van der Waals surface area (Å²) in [7, 11) is 0. The third-order valence-corrected chi connectivity index (χ3v) is 7.62. The molecule has 208 valence electrons. The average Bonchev–Trinajstić information content (AvgIpc) is 3.39. The number of fused-ring (bicyclic) bond motifs is 5. The Labute approximate surface area is 238 Å². The van der Waals surface area contributed by atoms with Crippen LogP contribution in [0.25, 0.3) is 16.8 Å². The van der Waals surface area contributed by atoms with E-state index in [1.54, 1.807) is 47.0 Å². The van der Waals surface area contributed by atoms with Gasteiger partial charge in [-0.05, 0) is 53.6 Å². The highest BCUT2D eigenvalue weighted by atomic mass is 19.1. The van der Waals surface area contributed by atoms with E-state index in [0.717, 1.165) is 16.6 Å². The van der Waals surface area contributed by atoms with Crippen molar-refractivity contribution >= 4 is 28.5 Å². The smallest absolute Gasteiger partial charge is 0.261 e. The minimum atomic E-state index is -0.535. The van der Waals surface area contributed by atoms with Crippen molar-refractivity contribution in [1.29, 1.82) is 0 Å². The number of carbonyl (C=O) groups excluding carboxylic acids is 1. The molecule has 9 heteroatoms. The molecular weight excluding hydrogens is 538 g/mol. The lowest BCUT2D eigenvalue weighted by Crippen LogP contribution is -2.36. The van der Waals surface area contributed by atoms with Crippen LogP contribution in [-0.2, 0) is 17.9 Å². The molecule has 1 unspecified atom stereocenters. The van der Waals surface area contributed by atoms with Crippen molar-refractivity contribution in [3.05, 3.63) is 141 Å². The summed E-state index contributed by atoms with van der Waals surface area (Å²) in [4.78, 5) is 32.0. The molecule has 7 nitrogen and oxygen atoms in total. The summed E-state index contributed by atoms with van der Waals surface area (Å²) < 4.78 is 36.8. The van der Waals surface area contributed by atoms with Gasteiger partial charge in [0, 0.05) is 17.9 Å². The van der Waals surface area contributed by atoms with Crippen LogP contribution >= 0.6 is 0 Å². The van der Waals surface area contributed by atoms with Crippen LogP contribution < -0.4 is 15.6 Å². The standard InChI is InChI=1S/C33H24F2N4O3/c34-23-13-9-20(10-14-23)18-38-32(41)30-25(21-11-15-24(16-12-21)42-19-22-5-1-2-6-26(22)35)17-29(40)37-31(30)39-28-8-4-3-7-27(28)36-33(38)39/h1-16,25H,17-19H2,(H,37,40). The average molecular weight is 563 g/mol. The van der Waals surface area contributed by atoms with Gasteiger partial charge in [-0.2, -0.15) is 0 Å². The van der Waals surface area contributed by atoms with Gasteiger partial charge in [-0.3, -0.25) is 18.6 Å². The molecule has 2 aromatic heterocycles. The first-order valence-electron chi connectivity index (χ1n) is 13.5. The molecule has 0 radical (unpaired) electrons. The van der Waals surface area contributed by atoms with Crippen LogP contribution in [0.5, 0.6) is 5.75 Å². The number of para-hydroxylation sites is 2. The summed E-state index contributed by atoms with van der Waals surface area (Å²) in [6.07, 6.45) is 0.0757. The van der Waals surface area contributed by atoms with E-state index in [-0.39, 0.29) is 42.7 Å². The van der Waals surface area contributed by atoms with E-state index in [1.165, 1.54) is 18.2 Å². The van der Waals surface area contributed by atoms with E-state index in [2.05, 4.69) is 5.32 Å². The summed E-state index contributed by atoms with van der Waals surface area (Å²) in [5, 5.41) is 2.94. The molecule has 0 aliphatic carbocycles. The first-order valence-corrected chi connectivity index (χ1v) is 13.5. The normalized spacial score (nSPS) is 14.6. The van der Waals surface area contributed by atoms with Crippen LogP contribution in [-0.4, -0.2) is 19.9 Å². The predicted molar refractivity (Wildman–Crippen MR) is 155 cm³/mol. The SMILES string of the molecule is O=C1CC(c2ccc(OCc3ccccc3F)cc2)c2c(n3c4ccccc4nc3n(Cc3ccc(F)cc3)c2=O)N1. The summed E-state index contributed by atoms with van der Waals surface area (Å²) in [5.41, 5.74) is 3.51. The second-order valence-electron chi connectivity index (χ2n) is 10.3. The monoisotopic (exact) mass is 562 g/mol. The van der Waals surface area contributed by atoms with Gasteiger partial charge in [0.1, 0.15) is 29.8 Å². The number of nitrogens with zero attached hydrogens (tertiary/aromatic N) is 3. The van der Waals surface area contributed by atoms with Crippen LogP contribution in [0.1, 0.15) is 34.6 Å². The van der Waals surface area contributed by atoms with Crippen molar-refractivity contribution in [3.8, 4) is 5.75 Å². The lowest BCUT2D eigenvalue weighted by molar-refractivity contribution is -0.116. The second-order valence-corrected chi connectivity index (χ2v) is 10.3. The van der Waals surface area contributed by atoms with Crippen molar-refractivity contribution in [2.45, 2.75) is 25.5 Å². The third-order valence-electron chi connectivity index (χ3n) is 7.62. The van der Waals surface area contributed by atoms with E-state index < -0.39 is 5.92 Å². The third kappa shape index (κ3) is 4.49. The molecule has 3 heterocycles. The molecule has 4 aromatic carbocycles. The molecular formula is C33H24F2N4O3. The first kappa shape index (κ1) is 25.6. The zero-order valence-corrected chi connectivity index (χ0v) is 22.3. The Morgan fingerprint density at radius 3 is 2.40 bits per heavy atom. The fourth-order valence-corrected chi connectivity index (χ4v) is 5.55. The number of halogens is 2. The van der Waals surface area contributed by atoms with Crippen LogP contribution in [0.15, 0.2) is 102 Å². The molecule has 0 saturated carbocycles. The lowest BCUT2D eigenvalue weighted by atomic mass is 9.86. The highest BCUT2D eigenvalue weighted by Gasteiger charge is 2.33. The Bertz CT molecular complexity index is 2030. The van der Waals surface area contributed by atoms with Gasteiger partial charge >= 0.3 is 0 Å². The molecule has 7 rings (SSSR count). The Morgan fingerprint density at radius 1 is 0.881 bits per heavy atom. The molecule has 0 saturated heterocycles. The molecule has 1 aliphatic heterocycles. The number of imidazole rings is 1. The number of anilines is 1. The molecule has 42 heavy (non-hydrogen) atoms. The minimum absolute atomic E-state index is 0.0699. The van der Waals surface area contributed by atoms with Crippen molar-refractivity contribution in [1.82, 2.24) is 14.0 Å². The van der Waals surface area contributed by atoms with Crippen LogP contribution in [0, 0.1) is 11.6 Å². The van der Waals surface area contributed by atoms with Gasteiger partial charge in [0.05, 0.1) is 23.1 Å². The van der Waals surface area contributed by atoms with E-state index in [1.807, 2.05) is 40.8 Å². The number of ether oxygens (including phenoxy) is 1. The van der Waals surface area contributed by atoms with Crippen LogP contribution in [0.3, 0.4) is 0 Å². The number of rotatable bonds is 6. The van der Waals surface area contributed by atoms with E-state index in [0.29, 0.717) is 34.0 Å². The quantitative estimate of drug-likeness (QED) is 0.269.